The molecule has 0 fully saturated rings. The molecule has 2 aromatic rings. The van der Waals surface area contributed by atoms with Gasteiger partial charge in [-0.05, 0) is 12.1 Å². The van der Waals surface area contributed by atoms with Crippen LogP contribution in [0.2, 0.25) is 0 Å². The predicted molar refractivity (Wildman–Crippen MR) is 56.7 cm³/mol. The summed E-state index contributed by atoms with van der Waals surface area (Å²) >= 11 is 1.43. The van der Waals surface area contributed by atoms with Crippen molar-refractivity contribution in [3.8, 4) is 5.75 Å². The number of amides is 1. The highest BCUT2D eigenvalue weighted by molar-refractivity contribution is 7.15. The molecule has 5 heteroatoms. The number of fused-ring (bicyclic) bond motifs is 1. The highest BCUT2D eigenvalue weighted by Crippen LogP contribution is 2.40. The number of aromatic nitrogens is 1. The summed E-state index contributed by atoms with van der Waals surface area (Å²) in [4.78, 5) is 17.1. The zero-order valence-corrected chi connectivity index (χ0v) is 8.40. The van der Waals surface area contributed by atoms with Crippen LogP contribution in [0.25, 0.3) is 0 Å². The van der Waals surface area contributed by atoms with Crippen molar-refractivity contribution in [1.29, 1.82) is 0 Å². The molecule has 0 spiro atoms. The van der Waals surface area contributed by atoms with E-state index in [0.717, 1.165) is 0 Å². The Hall–Kier alpha value is -1.88. The van der Waals surface area contributed by atoms with Gasteiger partial charge < -0.3 is 4.74 Å². The number of hydrogen-bond acceptors (Lipinski definition) is 4. The maximum absolute atomic E-state index is 11.6. The van der Waals surface area contributed by atoms with Gasteiger partial charge in [0.1, 0.15) is 5.75 Å². The fraction of sp³-hybridized carbons (Fsp3) is 0. The van der Waals surface area contributed by atoms with Crippen molar-refractivity contribution in [2.45, 2.75) is 0 Å². The third-order valence-electron chi connectivity index (χ3n) is 2.03. The third kappa shape index (κ3) is 1.28. The van der Waals surface area contributed by atoms with Gasteiger partial charge in [0.2, 0.25) is 5.13 Å². The van der Waals surface area contributed by atoms with Gasteiger partial charge in [-0.25, -0.2) is 14.7 Å². The summed E-state index contributed by atoms with van der Waals surface area (Å²) < 4.78 is 5.15. The van der Waals surface area contributed by atoms with Gasteiger partial charge in [0.15, 0.2) is 5.82 Å². The van der Waals surface area contributed by atoms with Crippen LogP contribution in [0, 0.1) is 0 Å². The van der Waals surface area contributed by atoms with Crippen LogP contribution in [0.1, 0.15) is 0 Å². The van der Waals surface area contributed by atoms with Crippen molar-refractivity contribution >= 4 is 28.4 Å². The highest BCUT2D eigenvalue weighted by Gasteiger charge is 2.33. The normalized spacial score (nSPS) is 12.1. The first-order valence-corrected chi connectivity index (χ1v) is 5.25. The molecule has 0 N–H and O–H groups in total. The van der Waals surface area contributed by atoms with E-state index in [1.54, 1.807) is 12.1 Å². The fourth-order valence-electron chi connectivity index (χ4n) is 1.32. The molecule has 0 aliphatic carbocycles. The molecule has 0 saturated heterocycles. The molecule has 74 valence electrons. The van der Waals surface area contributed by atoms with Gasteiger partial charge in [-0.15, -0.1) is 11.3 Å². The van der Waals surface area contributed by atoms with Crippen molar-refractivity contribution < 1.29 is 9.53 Å². The highest BCUT2D eigenvalue weighted by atomic mass is 32.1. The maximum atomic E-state index is 11.6. The van der Waals surface area contributed by atoms with Crippen molar-refractivity contribution in [3.63, 3.8) is 0 Å². The van der Waals surface area contributed by atoms with Crippen molar-refractivity contribution in [1.82, 2.24) is 4.98 Å². The largest absolute Gasteiger partial charge is 0.427 e. The monoisotopic (exact) mass is 218 g/mol. The average molecular weight is 218 g/mol. The Balaban J connectivity index is 1.74. The van der Waals surface area contributed by atoms with Crippen LogP contribution in [0.3, 0.4) is 0 Å². The number of ether oxygens (including phenoxy) is 1. The Morgan fingerprint density at radius 3 is 2.73 bits per heavy atom. The molecule has 4 nitrogen and oxygen atoms in total. The maximum Gasteiger partial charge on any atom is 0.427 e. The smallest absolute Gasteiger partial charge is 0.410 e. The lowest BCUT2D eigenvalue weighted by Crippen LogP contribution is -2.32. The van der Waals surface area contributed by atoms with E-state index in [-0.39, 0.29) is 0 Å². The quantitative estimate of drug-likeness (QED) is 0.739. The van der Waals surface area contributed by atoms with Gasteiger partial charge in [0, 0.05) is 5.38 Å². The lowest BCUT2D eigenvalue weighted by Gasteiger charge is -2.20. The summed E-state index contributed by atoms with van der Waals surface area (Å²) in [6, 6.07) is 8.98. The number of anilines is 2. The minimum Gasteiger partial charge on any atom is -0.410 e. The second-order valence-electron chi connectivity index (χ2n) is 3.00. The number of nitrogens with zero attached hydrogens (tertiary/aromatic N) is 2. The number of rotatable bonds is 1. The van der Waals surface area contributed by atoms with E-state index in [9.17, 15) is 4.79 Å². The third-order valence-corrected chi connectivity index (χ3v) is 2.84. The Bertz CT molecular complexity index is 483. The standard InChI is InChI=1S/C10H6N2O2S/c13-10(12-8-6-15-9(12)11-8)14-7-4-2-1-3-5-7/h1-6H. The lowest BCUT2D eigenvalue weighted by molar-refractivity contribution is 0.209. The van der Waals surface area contributed by atoms with E-state index in [1.165, 1.54) is 16.2 Å². The average Bonchev–Trinajstić information content (AvgIpc) is 2.80. The van der Waals surface area contributed by atoms with Crippen LogP contribution in [-0.4, -0.2) is 11.1 Å². The lowest BCUT2D eigenvalue weighted by atomic mass is 10.3. The Kier molecular flexibility index (Phi) is 1.72. The van der Waals surface area contributed by atoms with Gasteiger partial charge >= 0.3 is 6.09 Å². The topological polar surface area (TPSA) is 42.4 Å². The fourth-order valence-corrected chi connectivity index (χ4v) is 2.11. The van der Waals surface area contributed by atoms with Crippen LogP contribution in [0.5, 0.6) is 5.75 Å². The predicted octanol–water partition coefficient (Wildman–Crippen LogP) is 2.79. The van der Waals surface area contributed by atoms with Gasteiger partial charge in [0.05, 0.1) is 0 Å². The SMILES string of the molecule is O=C(Oc1ccccc1)N1c2csc1n2. The summed E-state index contributed by atoms with van der Waals surface area (Å²) in [5.74, 6) is 1.20. The van der Waals surface area contributed by atoms with Crippen LogP contribution in [-0.2, 0) is 0 Å². The van der Waals surface area contributed by atoms with E-state index >= 15 is 0 Å². The zero-order valence-electron chi connectivity index (χ0n) is 7.58. The second-order valence-corrected chi connectivity index (χ2v) is 3.84. The van der Waals surface area contributed by atoms with E-state index in [4.69, 9.17) is 4.74 Å². The summed E-state index contributed by atoms with van der Waals surface area (Å²) in [6.07, 6.45) is -0.401. The van der Waals surface area contributed by atoms with Crippen LogP contribution in [0.15, 0.2) is 35.7 Å². The second kappa shape index (κ2) is 3.06. The van der Waals surface area contributed by atoms with E-state index in [2.05, 4.69) is 4.98 Å². The summed E-state index contributed by atoms with van der Waals surface area (Å²) in [7, 11) is 0. The van der Waals surface area contributed by atoms with Gasteiger partial charge in [-0.2, -0.15) is 0 Å². The molecule has 0 radical (unpaired) electrons. The van der Waals surface area contributed by atoms with Gasteiger partial charge in [-0.3, -0.25) is 0 Å². The Morgan fingerprint density at radius 2 is 2.13 bits per heavy atom. The first-order chi connectivity index (χ1) is 7.34. The summed E-state index contributed by atoms with van der Waals surface area (Å²) in [6.45, 7) is 0. The molecule has 3 heterocycles. The van der Waals surface area contributed by atoms with E-state index < -0.39 is 6.09 Å². The molecule has 1 amide bonds. The molecule has 2 aliphatic heterocycles. The molecule has 1 aromatic heterocycles. The number of thiazole rings is 1. The molecule has 2 bridgehead atoms. The van der Waals surface area contributed by atoms with Crippen molar-refractivity contribution in [2.24, 2.45) is 0 Å². The summed E-state index contributed by atoms with van der Waals surface area (Å²) in [5.41, 5.74) is 0. The number of hydrogen-bond donors (Lipinski definition) is 0. The van der Waals surface area contributed by atoms with Gasteiger partial charge in [-0.1, -0.05) is 18.2 Å². The minimum atomic E-state index is -0.401. The van der Waals surface area contributed by atoms with Crippen molar-refractivity contribution in [2.75, 3.05) is 4.90 Å². The van der Waals surface area contributed by atoms with Crippen LogP contribution >= 0.6 is 11.3 Å². The summed E-state index contributed by atoms with van der Waals surface area (Å²) in [5, 5.41) is 2.51. The number of para-hydroxylation sites is 1. The molecule has 0 atom stereocenters. The molecule has 15 heavy (non-hydrogen) atoms. The molecule has 2 aliphatic rings. The van der Waals surface area contributed by atoms with Crippen LogP contribution < -0.4 is 9.64 Å². The number of benzene rings is 1. The number of carbonyl (C=O) groups is 1. The van der Waals surface area contributed by atoms with E-state index in [0.29, 0.717) is 16.7 Å². The van der Waals surface area contributed by atoms with Crippen molar-refractivity contribution in [3.05, 3.63) is 35.7 Å². The molecular weight excluding hydrogens is 212 g/mol. The van der Waals surface area contributed by atoms with E-state index in [1.807, 2.05) is 23.6 Å². The zero-order chi connectivity index (χ0) is 10.3. The van der Waals surface area contributed by atoms with Gasteiger partial charge in [0.25, 0.3) is 0 Å². The molecule has 0 unspecified atom stereocenters. The minimum absolute atomic E-state index is 0.401. The Labute approximate surface area is 89.7 Å². The first kappa shape index (κ1) is 8.43. The first-order valence-electron chi connectivity index (χ1n) is 4.37. The molecule has 1 aromatic carbocycles. The number of carbonyl (C=O) groups excluding carboxylic acids is 1. The molecule has 4 rings (SSSR count). The molecular formula is C10H6N2O2S. The molecule has 0 saturated carbocycles. The Morgan fingerprint density at radius 1 is 1.33 bits per heavy atom. The van der Waals surface area contributed by atoms with Crippen LogP contribution in [0.4, 0.5) is 15.7 Å².